The van der Waals surface area contributed by atoms with Gasteiger partial charge in [-0.15, -0.1) is 0 Å². The molecule has 3 rings (SSSR count). The minimum atomic E-state index is -0.957. The molecule has 22 heavy (non-hydrogen) atoms. The lowest BCUT2D eigenvalue weighted by Gasteiger charge is -2.11. The van der Waals surface area contributed by atoms with E-state index in [0.717, 1.165) is 17.0 Å². The molecule has 1 aliphatic heterocycles. The number of amides is 1. The second-order valence-corrected chi connectivity index (χ2v) is 5.11. The van der Waals surface area contributed by atoms with Crippen molar-refractivity contribution < 1.29 is 19.4 Å². The van der Waals surface area contributed by atoms with Crippen molar-refractivity contribution in [2.45, 2.75) is 6.42 Å². The first-order valence-electron chi connectivity index (χ1n) is 6.81. The van der Waals surface area contributed by atoms with Gasteiger partial charge in [0.1, 0.15) is 5.75 Å². The van der Waals surface area contributed by atoms with Crippen molar-refractivity contribution in [2.75, 3.05) is 18.6 Å². The monoisotopic (exact) mass is 301 g/mol. The van der Waals surface area contributed by atoms with E-state index in [0.29, 0.717) is 5.82 Å². The second-order valence-electron chi connectivity index (χ2n) is 5.11. The Bertz CT molecular complexity index is 708. The number of H-pyrrole nitrogens is 1. The number of aromatic nitrogens is 2. The number of carboxylic acid groups (broad SMARTS) is 1. The van der Waals surface area contributed by atoms with Crippen LogP contribution in [0.5, 0.6) is 5.75 Å². The number of methoxy groups -OCH3 is 1. The Morgan fingerprint density at radius 1 is 1.41 bits per heavy atom. The highest BCUT2D eigenvalue weighted by molar-refractivity contribution is 5.98. The fraction of sp³-hybridized carbons (Fsp3) is 0.267. The molecule has 2 N–H and O–H groups in total. The van der Waals surface area contributed by atoms with Crippen LogP contribution >= 0.6 is 0 Å². The van der Waals surface area contributed by atoms with Crippen molar-refractivity contribution in [3.63, 3.8) is 0 Å². The standard InChI is InChI=1S/C15H15N3O4/c1-22-11-4-2-9(3-5-11)12-7-13(17-16-12)18-8-10(15(20)21)6-14(18)19/h2-5,7,10H,6,8H2,1H3,(H,16,17)(H,20,21). The zero-order valence-corrected chi connectivity index (χ0v) is 11.9. The van der Waals surface area contributed by atoms with Crippen LogP contribution in [0.15, 0.2) is 30.3 Å². The van der Waals surface area contributed by atoms with Crippen LogP contribution in [0.3, 0.4) is 0 Å². The van der Waals surface area contributed by atoms with E-state index in [1.54, 1.807) is 13.2 Å². The van der Waals surface area contributed by atoms with Crippen LogP contribution in [-0.4, -0.2) is 40.8 Å². The Morgan fingerprint density at radius 3 is 2.73 bits per heavy atom. The summed E-state index contributed by atoms with van der Waals surface area (Å²) in [5.74, 6) is -0.655. The predicted octanol–water partition coefficient (Wildman–Crippen LogP) is 1.52. The number of anilines is 1. The number of rotatable bonds is 4. The van der Waals surface area contributed by atoms with E-state index in [-0.39, 0.29) is 18.9 Å². The number of hydrogen-bond donors (Lipinski definition) is 2. The fourth-order valence-corrected chi connectivity index (χ4v) is 2.46. The third-order valence-corrected chi connectivity index (χ3v) is 3.72. The van der Waals surface area contributed by atoms with Gasteiger partial charge in [-0.25, -0.2) is 0 Å². The van der Waals surface area contributed by atoms with E-state index in [9.17, 15) is 9.59 Å². The summed E-state index contributed by atoms with van der Waals surface area (Å²) < 4.78 is 5.11. The Balaban J connectivity index is 1.81. The Labute approximate surface area is 126 Å². The highest BCUT2D eigenvalue weighted by Crippen LogP contribution is 2.28. The first kappa shape index (κ1) is 14.1. The third kappa shape index (κ3) is 2.52. The van der Waals surface area contributed by atoms with Gasteiger partial charge in [-0.05, 0) is 29.8 Å². The number of carbonyl (C=O) groups is 2. The molecular formula is C15H15N3O4. The molecule has 1 saturated heterocycles. The van der Waals surface area contributed by atoms with E-state index >= 15 is 0 Å². The minimum absolute atomic E-state index is 0.0140. The summed E-state index contributed by atoms with van der Waals surface area (Å²) in [6.45, 7) is 0.154. The zero-order valence-electron chi connectivity index (χ0n) is 11.9. The van der Waals surface area contributed by atoms with Gasteiger partial charge in [-0.2, -0.15) is 5.10 Å². The molecule has 0 saturated carbocycles. The summed E-state index contributed by atoms with van der Waals surface area (Å²) in [5, 5.41) is 16.0. The van der Waals surface area contributed by atoms with E-state index in [2.05, 4.69) is 10.2 Å². The number of aliphatic carboxylic acids is 1. The molecule has 2 heterocycles. The number of aromatic amines is 1. The van der Waals surface area contributed by atoms with E-state index in [1.165, 1.54) is 4.90 Å². The van der Waals surface area contributed by atoms with Crippen LogP contribution in [0, 0.1) is 5.92 Å². The molecule has 0 bridgehead atoms. The molecule has 1 atom stereocenters. The van der Waals surface area contributed by atoms with Crippen molar-refractivity contribution >= 4 is 17.7 Å². The van der Waals surface area contributed by atoms with Gasteiger partial charge in [-0.1, -0.05) is 0 Å². The van der Waals surface area contributed by atoms with E-state index in [4.69, 9.17) is 9.84 Å². The maximum atomic E-state index is 11.9. The lowest BCUT2D eigenvalue weighted by atomic mass is 10.1. The predicted molar refractivity (Wildman–Crippen MR) is 78.7 cm³/mol. The molecule has 0 radical (unpaired) electrons. The molecule has 1 aromatic heterocycles. The fourth-order valence-electron chi connectivity index (χ4n) is 2.46. The smallest absolute Gasteiger partial charge is 0.308 e. The maximum Gasteiger partial charge on any atom is 0.308 e. The van der Waals surface area contributed by atoms with Crippen LogP contribution in [-0.2, 0) is 9.59 Å². The van der Waals surface area contributed by atoms with E-state index in [1.807, 2.05) is 24.3 Å². The topological polar surface area (TPSA) is 95.5 Å². The molecule has 0 aliphatic carbocycles. The minimum Gasteiger partial charge on any atom is -0.497 e. The van der Waals surface area contributed by atoms with Crippen LogP contribution in [0.4, 0.5) is 5.82 Å². The van der Waals surface area contributed by atoms with Crippen molar-refractivity contribution in [1.29, 1.82) is 0 Å². The van der Waals surface area contributed by atoms with Crippen molar-refractivity contribution in [3.8, 4) is 17.0 Å². The van der Waals surface area contributed by atoms with Gasteiger partial charge in [0.2, 0.25) is 5.91 Å². The van der Waals surface area contributed by atoms with Crippen LogP contribution in [0.1, 0.15) is 6.42 Å². The molecular weight excluding hydrogens is 286 g/mol. The number of nitrogens with one attached hydrogen (secondary N) is 1. The van der Waals surface area contributed by atoms with Crippen molar-refractivity contribution in [2.24, 2.45) is 5.92 Å². The SMILES string of the molecule is COc1ccc(-c2cc(N3CC(C(=O)O)CC3=O)n[nH]2)cc1. The summed E-state index contributed by atoms with van der Waals surface area (Å²) in [4.78, 5) is 24.3. The molecule has 0 spiro atoms. The Kier molecular flexibility index (Phi) is 3.54. The molecule has 7 heteroatoms. The van der Waals surface area contributed by atoms with Crippen molar-refractivity contribution in [1.82, 2.24) is 10.2 Å². The molecule has 1 unspecified atom stereocenters. The number of carboxylic acids is 1. The second kappa shape index (κ2) is 5.51. The molecule has 2 aromatic rings. The normalized spacial score (nSPS) is 17.8. The molecule has 1 fully saturated rings. The Morgan fingerprint density at radius 2 is 2.14 bits per heavy atom. The highest BCUT2D eigenvalue weighted by atomic mass is 16.5. The number of carbonyl (C=O) groups excluding carboxylic acids is 1. The molecule has 1 aliphatic rings. The lowest BCUT2D eigenvalue weighted by Crippen LogP contribution is -2.26. The van der Waals surface area contributed by atoms with Gasteiger partial charge in [0.15, 0.2) is 5.82 Å². The average Bonchev–Trinajstić information content (AvgIpc) is 3.14. The lowest BCUT2D eigenvalue weighted by molar-refractivity contribution is -0.141. The first-order chi connectivity index (χ1) is 10.6. The highest BCUT2D eigenvalue weighted by Gasteiger charge is 2.36. The summed E-state index contributed by atoms with van der Waals surface area (Å²) in [6.07, 6.45) is 0.0140. The van der Waals surface area contributed by atoms with E-state index < -0.39 is 11.9 Å². The van der Waals surface area contributed by atoms with Crippen LogP contribution in [0.2, 0.25) is 0 Å². The van der Waals surface area contributed by atoms with Crippen molar-refractivity contribution in [3.05, 3.63) is 30.3 Å². The number of hydrogen-bond acceptors (Lipinski definition) is 4. The van der Waals surface area contributed by atoms with Gasteiger partial charge < -0.3 is 9.84 Å². The zero-order chi connectivity index (χ0) is 15.7. The number of nitrogens with zero attached hydrogens (tertiary/aromatic N) is 2. The van der Waals surface area contributed by atoms with Gasteiger partial charge in [0.25, 0.3) is 0 Å². The molecule has 7 nitrogen and oxygen atoms in total. The van der Waals surface area contributed by atoms with Gasteiger partial charge in [0.05, 0.1) is 18.7 Å². The quantitative estimate of drug-likeness (QED) is 0.892. The van der Waals surface area contributed by atoms with Gasteiger partial charge in [-0.3, -0.25) is 19.6 Å². The third-order valence-electron chi connectivity index (χ3n) is 3.72. The molecule has 1 aromatic carbocycles. The van der Waals surface area contributed by atoms with Gasteiger partial charge >= 0.3 is 5.97 Å². The Hall–Kier alpha value is -2.83. The molecule has 114 valence electrons. The first-order valence-corrected chi connectivity index (χ1v) is 6.81. The van der Waals surface area contributed by atoms with Crippen LogP contribution in [0.25, 0.3) is 11.3 Å². The summed E-state index contributed by atoms with van der Waals surface area (Å²) in [7, 11) is 1.60. The summed E-state index contributed by atoms with van der Waals surface area (Å²) in [6, 6.07) is 9.16. The van der Waals surface area contributed by atoms with Gasteiger partial charge in [0, 0.05) is 19.0 Å². The maximum absolute atomic E-state index is 11.9. The number of ether oxygens (including phenoxy) is 1. The summed E-state index contributed by atoms with van der Waals surface area (Å²) in [5.41, 5.74) is 1.66. The molecule has 1 amide bonds. The largest absolute Gasteiger partial charge is 0.497 e. The number of benzene rings is 1. The summed E-state index contributed by atoms with van der Waals surface area (Å²) >= 11 is 0. The average molecular weight is 301 g/mol. The van der Waals surface area contributed by atoms with Crippen LogP contribution < -0.4 is 9.64 Å².